The van der Waals surface area contributed by atoms with E-state index >= 15 is 0 Å². The van der Waals surface area contributed by atoms with Crippen molar-refractivity contribution in [1.82, 2.24) is 0 Å². The Kier molecular flexibility index (Phi) is 4.65. The normalized spacial score (nSPS) is 16.0. The molecule has 0 fully saturated rings. The Morgan fingerprint density at radius 1 is 0.386 bits per heavy atom. The van der Waals surface area contributed by atoms with Crippen LogP contribution >= 0.6 is 0 Å². The number of ether oxygens (including phenoxy) is 1. The molecule has 0 radical (unpaired) electrons. The van der Waals surface area contributed by atoms with Crippen LogP contribution < -0.4 is 4.74 Å². The van der Waals surface area contributed by atoms with Crippen molar-refractivity contribution in [3.8, 4) is 45.3 Å². The maximum Gasteiger partial charge on any atom is 0.135 e. The van der Waals surface area contributed by atoms with E-state index in [2.05, 4.69) is 103 Å². The first-order valence-electron chi connectivity index (χ1n) is 14.9. The molecule has 0 N–H and O–H groups in total. The lowest BCUT2D eigenvalue weighted by Crippen LogP contribution is -2.32. The van der Waals surface area contributed by atoms with Gasteiger partial charge in [0.05, 0.1) is 5.41 Å². The summed E-state index contributed by atoms with van der Waals surface area (Å²) in [6, 6.07) is 51.1. The molecular weight excluding hydrogens is 540 g/mol. The van der Waals surface area contributed by atoms with E-state index in [1.165, 1.54) is 22.3 Å². The monoisotopic (exact) mass is 564 g/mol. The van der Waals surface area contributed by atoms with Gasteiger partial charge < -0.3 is 13.6 Å². The maximum atomic E-state index is 6.65. The largest absolute Gasteiger partial charge is 0.457 e. The lowest BCUT2D eigenvalue weighted by molar-refractivity contribution is 0.436. The molecule has 3 nitrogen and oxygen atoms in total. The van der Waals surface area contributed by atoms with Gasteiger partial charge in [0.15, 0.2) is 0 Å². The molecule has 3 heterocycles. The zero-order chi connectivity index (χ0) is 28.8. The molecule has 1 spiro atoms. The number of rotatable bonds is 2. The van der Waals surface area contributed by atoms with Gasteiger partial charge in [-0.3, -0.25) is 0 Å². The zero-order valence-corrected chi connectivity index (χ0v) is 23.6. The predicted molar refractivity (Wildman–Crippen MR) is 174 cm³/mol. The lowest BCUT2D eigenvalue weighted by atomic mass is 9.65. The molecule has 0 saturated carbocycles. The average Bonchev–Trinajstić information content (AvgIpc) is 3.78. The number of fused-ring (bicyclic) bond motifs is 11. The summed E-state index contributed by atoms with van der Waals surface area (Å²) >= 11 is 0. The average molecular weight is 565 g/mol. The quantitative estimate of drug-likeness (QED) is 0.209. The summed E-state index contributed by atoms with van der Waals surface area (Å²) < 4.78 is 19.4. The third kappa shape index (κ3) is 3.10. The second kappa shape index (κ2) is 8.62. The van der Waals surface area contributed by atoms with Gasteiger partial charge in [-0.05, 0) is 76.9 Å². The van der Waals surface area contributed by atoms with Crippen molar-refractivity contribution in [2.24, 2.45) is 0 Å². The molecule has 6 aromatic carbocycles. The van der Waals surface area contributed by atoms with Crippen LogP contribution in [0.25, 0.3) is 55.7 Å². The van der Waals surface area contributed by atoms with Crippen LogP contribution in [-0.4, -0.2) is 0 Å². The fraction of sp³-hybridized carbons (Fsp3) is 0.0244. The fourth-order valence-corrected chi connectivity index (χ4v) is 7.46. The van der Waals surface area contributed by atoms with Crippen molar-refractivity contribution >= 4 is 21.9 Å². The lowest BCUT2D eigenvalue weighted by Gasteiger charge is -2.39. The first kappa shape index (κ1) is 23.7. The standard InChI is InChI=1S/C41H24O3/c1-6-14-35-25(9-1)23-39(42-35)27-17-19-30-29-11-3-4-12-31(29)41(33(30)21-27)32-13-5-8-16-37(32)44-38-20-18-28(22-34(38)41)40-24-26-10-2-7-15-36(26)43-40/h1-24H. The van der Waals surface area contributed by atoms with E-state index in [1.54, 1.807) is 0 Å². The summed E-state index contributed by atoms with van der Waals surface area (Å²) in [6.07, 6.45) is 0. The smallest absolute Gasteiger partial charge is 0.135 e. The molecule has 2 aromatic heterocycles. The molecule has 1 unspecified atom stereocenters. The number of hydrogen-bond acceptors (Lipinski definition) is 3. The van der Waals surface area contributed by atoms with Crippen LogP contribution in [0.1, 0.15) is 22.3 Å². The minimum absolute atomic E-state index is 0.597. The molecule has 1 aliphatic carbocycles. The van der Waals surface area contributed by atoms with Crippen molar-refractivity contribution in [2.45, 2.75) is 5.41 Å². The van der Waals surface area contributed by atoms with E-state index in [-0.39, 0.29) is 0 Å². The van der Waals surface area contributed by atoms with Gasteiger partial charge in [-0.25, -0.2) is 0 Å². The Morgan fingerprint density at radius 2 is 0.932 bits per heavy atom. The van der Waals surface area contributed by atoms with E-state index in [4.69, 9.17) is 13.6 Å². The van der Waals surface area contributed by atoms with Gasteiger partial charge in [0.1, 0.15) is 34.2 Å². The molecule has 0 saturated heterocycles. The zero-order valence-electron chi connectivity index (χ0n) is 23.6. The van der Waals surface area contributed by atoms with Crippen molar-refractivity contribution in [1.29, 1.82) is 0 Å². The predicted octanol–water partition coefficient (Wildman–Crippen LogP) is 11.0. The second-order valence-corrected chi connectivity index (χ2v) is 11.7. The summed E-state index contributed by atoms with van der Waals surface area (Å²) in [5.41, 5.74) is 10.4. The summed E-state index contributed by atoms with van der Waals surface area (Å²) in [4.78, 5) is 0. The topological polar surface area (TPSA) is 35.5 Å². The maximum absolute atomic E-state index is 6.65. The highest BCUT2D eigenvalue weighted by atomic mass is 16.5. The SMILES string of the molecule is c1ccc2c(c1)Oc1ccc(-c3cc4ccccc4o3)cc1C21c2ccccc2-c2ccc(-c3cc4ccccc4o3)cc21. The number of benzene rings is 6. The Bertz CT molecular complexity index is 2380. The molecule has 2 aliphatic rings. The molecule has 3 heteroatoms. The Balaban J connectivity index is 1.28. The van der Waals surface area contributed by atoms with Crippen molar-refractivity contribution in [3.63, 3.8) is 0 Å². The van der Waals surface area contributed by atoms with Crippen LogP contribution in [-0.2, 0) is 5.41 Å². The first-order chi connectivity index (χ1) is 21.8. The molecular formula is C41H24O3. The summed E-state index contributed by atoms with van der Waals surface area (Å²) in [6.45, 7) is 0. The molecule has 206 valence electrons. The van der Waals surface area contributed by atoms with Gasteiger partial charge in [-0.1, -0.05) is 91.0 Å². The number of hydrogen-bond donors (Lipinski definition) is 0. The van der Waals surface area contributed by atoms with E-state index < -0.39 is 5.41 Å². The Hall–Kier alpha value is -5.80. The van der Waals surface area contributed by atoms with Crippen LogP contribution in [0, 0.1) is 0 Å². The molecule has 8 aromatic rings. The van der Waals surface area contributed by atoms with Crippen LogP contribution in [0.15, 0.2) is 154 Å². The molecule has 0 amide bonds. The van der Waals surface area contributed by atoms with Crippen molar-refractivity contribution in [2.75, 3.05) is 0 Å². The fourth-order valence-electron chi connectivity index (χ4n) is 7.46. The summed E-state index contributed by atoms with van der Waals surface area (Å²) in [7, 11) is 0. The Labute approximate surface area is 253 Å². The summed E-state index contributed by atoms with van der Waals surface area (Å²) in [5.74, 6) is 3.41. The van der Waals surface area contributed by atoms with Gasteiger partial charge in [0.2, 0.25) is 0 Å². The van der Waals surface area contributed by atoms with E-state index in [1.807, 2.05) is 42.5 Å². The van der Waals surface area contributed by atoms with E-state index in [0.717, 1.165) is 67.2 Å². The number of furan rings is 2. The van der Waals surface area contributed by atoms with Crippen LogP contribution in [0.2, 0.25) is 0 Å². The highest BCUT2D eigenvalue weighted by Crippen LogP contribution is 2.62. The van der Waals surface area contributed by atoms with Gasteiger partial charge in [0.25, 0.3) is 0 Å². The highest BCUT2D eigenvalue weighted by molar-refractivity contribution is 5.92. The minimum atomic E-state index is -0.597. The molecule has 1 aliphatic heterocycles. The summed E-state index contributed by atoms with van der Waals surface area (Å²) in [5, 5.41) is 2.18. The van der Waals surface area contributed by atoms with E-state index in [9.17, 15) is 0 Å². The molecule has 1 atom stereocenters. The third-order valence-corrected chi connectivity index (χ3v) is 9.36. The van der Waals surface area contributed by atoms with Crippen molar-refractivity contribution < 1.29 is 13.6 Å². The molecule has 10 rings (SSSR count). The third-order valence-electron chi connectivity index (χ3n) is 9.36. The first-order valence-corrected chi connectivity index (χ1v) is 14.9. The molecule has 44 heavy (non-hydrogen) atoms. The molecule has 0 bridgehead atoms. The second-order valence-electron chi connectivity index (χ2n) is 11.7. The van der Waals surface area contributed by atoms with Gasteiger partial charge in [-0.2, -0.15) is 0 Å². The highest BCUT2D eigenvalue weighted by Gasteiger charge is 2.51. The van der Waals surface area contributed by atoms with Crippen molar-refractivity contribution in [3.05, 3.63) is 168 Å². The van der Waals surface area contributed by atoms with Crippen LogP contribution in [0.4, 0.5) is 0 Å². The van der Waals surface area contributed by atoms with Crippen LogP contribution in [0.5, 0.6) is 11.5 Å². The van der Waals surface area contributed by atoms with E-state index in [0.29, 0.717) is 0 Å². The van der Waals surface area contributed by atoms with Gasteiger partial charge >= 0.3 is 0 Å². The Morgan fingerprint density at radius 3 is 1.66 bits per heavy atom. The number of para-hydroxylation sites is 3. The van der Waals surface area contributed by atoms with Gasteiger partial charge in [-0.15, -0.1) is 0 Å². The van der Waals surface area contributed by atoms with Gasteiger partial charge in [0, 0.05) is 33.0 Å². The van der Waals surface area contributed by atoms with Crippen LogP contribution in [0.3, 0.4) is 0 Å². The minimum Gasteiger partial charge on any atom is -0.457 e.